The Morgan fingerprint density at radius 2 is 1.93 bits per heavy atom. The molecule has 156 valence electrons. The van der Waals surface area contributed by atoms with Gasteiger partial charge in [-0.05, 0) is 55.9 Å². The quantitative estimate of drug-likeness (QED) is 0.609. The Bertz CT molecular complexity index is 870. The summed E-state index contributed by atoms with van der Waals surface area (Å²) in [6.45, 7) is 3.69. The molecule has 1 aromatic carbocycles. The summed E-state index contributed by atoms with van der Waals surface area (Å²) in [6.07, 6.45) is 1.87. The first kappa shape index (κ1) is 21.9. The summed E-state index contributed by atoms with van der Waals surface area (Å²) < 4.78 is 0. The zero-order valence-electron chi connectivity index (χ0n) is 16.3. The average molecular weight is 455 g/mol. The highest BCUT2D eigenvalue weighted by Crippen LogP contribution is 2.36. The summed E-state index contributed by atoms with van der Waals surface area (Å²) in [5, 5.41) is 11.4. The summed E-state index contributed by atoms with van der Waals surface area (Å²) in [4.78, 5) is 27.2. The fourth-order valence-corrected chi connectivity index (χ4v) is 4.48. The highest BCUT2D eigenvalue weighted by Gasteiger charge is 2.24. The van der Waals surface area contributed by atoms with Gasteiger partial charge in [0, 0.05) is 13.1 Å². The number of hydrogen-bond acceptors (Lipinski definition) is 4. The fraction of sp³-hybridized carbons (Fsp3) is 0.400. The molecule has 1 aliphatic rings. The molecule has 1 aromatic heterocycles. The average Bonchev–Trinajstić information content (AvgIpc) is 3.26. The molecule has 6 nitrogen and oxygen atoms in total. The van der Waals surface area contributed by atoms with Crippen LogP contribution in [0.4, 0.5) is 10.5 Å². The number of urea groups is 1. The first-order valence-electron chi connectivity index (χ1n) is 9.45. The van der Waals surface area contributed by atoms with E-state index in [1.54, 1.807) is 23.1 Å². The van der Waals surface area contributed by atoms with Gasteiger partial charge < -0.3 is 20.9 Å². The molecule has 0 bridgehead atoms. The maximum Gasteiger partial charge on any atom is 0.317 e. The maximum absolute atomic E-state index is 12.6. The van der Waals surface area contributed by atoms with Crippen LogP contribution in [0.2, 0.25) is 10.0 Å². The second-order valence-electron chi connectivity index (χ2n) is 7.02. The van der Waals surface area contributed by atoms with Crippen molar-refractivity contribution < 1.29 is 9.59 Å². The van der Waals surface area contributed by atoms with Crippen molar-refractivity contribution >= 4 is 52.2 Å². The van der Waals surface area contributed by atoms with E-state index in [9.17, 15) is 9.59 Å². The summed E-state index contributed by atoms with van der Waals surface area (Å²) in [5.41, 5.74) is 1.13. The number of amides is 3. The Morgan fingerprint density at radius 3 is 2.59 bits per heavy atom. The van der Waals surface area contributed by atoms with Crippen molar-refractivity contribution in [3.8, 4) is 0 Å². The normalized spacial score (nSPS) is 15.6. The number of halogens is 2. The molecular weight excluding hydrogens is 431 g/mol. The molecule has 1 aliphatic heterocycles. The second kappa shape index (κ2) is 9.80. The maximum atomic E-state index is 12.6. The van der Waals surface area contributed by atoms with Gasteiger partial charge in [0.05, 0.1) is 26.7 Å². The number of nitrogens with one attached hydrogen (secondary N) is 3. The molecule has 1 atom stereocenters. The summed E-state index contributed by atoms with van der Waals surface area (Å²) in [5.74, 6) is -0.240. The summed E-state index contributed by atoms with van der Waals surface area (Å²) >= 11 is 14.2. The van der Waals surface area contributed by atoms with Crippen LogP contribution in [0.25, 0.3) is 0 Å². The highest BCUT2D eigenvalue weighted by molar-refractivity contribution is 7.12. The van der Waals surface area contributed by atoms with Gasteiger partial charge in [0.2, 0.25) is 0 Å². The number of carbonyl (C=O) groups is 2. The number of nitrogens with zero attached hydrogens (tertiary/aromatic N) is 1. The SMILES string of the molecule is CC(NC(=O)N(C)C1CCNCC1)c1ccc(NC(=O)c2cccs2)c(Cl)c1Cl. The molecular formula is C20H24Cl2N4O2S. The van der Waals surface area contributed by atoms with Gasteiger partial charge in [-0.1, -0.05) is 35.3 Å². The number of rotatable bonds is 5. The summed E-state index contributed by atoms with van der Waals surface area (Å²) in [6, 6.07) is 6.76. The van der Waals surface area contributed by atoms with Gasteiger partial charge in [0.25, 0.3) is 5.91 Å². The Balaban J connectivity index is 1.67. The minimum atomic E-state index is -0.335. The molecule has 0 saturated carbocycles. The van der Waals surface area contributed by atoms with E-state index in [0.29, 0.717) is 21.2 Å². The van der Waals surface area contributed by atoms with Gasteiger partial charge in [-0.3, -0.25) is 4.79 Å². The van der Waals surface area contributed by atoms with E-state index in [4.69, 9.17) is 23.2 Å². The number of hydrogen-bond donors (Lipinski definition) is 3. The van der Waals surface area contributed by atoms with Gasteiger partial charge >= 0.3 is 6.03 Å². The minimum Gasteiger partial charge on any atom is -0.331 e. The third kappa shape index (κ3) is 5.22. The molecule has 9 heteroatoms. The predicted molar refractivity (Wildman–Crippen MR) is 119 cm³/mol. The van der Waals surface area contributed by atoms with Crippen LogP contribution in [-0.2, 0) is 0 Å². The van der Waals surface area contributed by atoms with Crippen molar-refractivity contribution in [3.63, 3.8) is 0 Å². The van der Waals surface area contributed by atoms with Gasteiger partial charge in [0.1, 0.15) is 0 Å². The van der Waals surface area contributed by atoms with Crippen LogP contribution in [0.1, 0.15) is 41.0 Å². The molecule has 29 heavy (non-hydrogen) atoms. The largest absolute Gasteiger partial charge is 0.331 e. The van der Waals surface area contributed by atoms with E-state index in [0.717, 1.165) is 25.9 Å². The Hall–Kier alpha value is -1.80. The lowest BCUT2D eigenvalue weighted by Gasteiger charge is -2.32. The number of piperidine rings is 1. The Labute approximate surface area is 184 Å². The second-order valence-corrected chi connectivity index (χ2v) is 8.73. The van der Waals surface area contributed by atoms with E-state index in [1.165, 1.54) is 11.3 Å². The number of thiophene rings is 1. The zero-order chi connectivity index (χ0) is 21.0. The molecule has 0 spiro atoms. The highest BCUT2D eigenvalue weighted by atomic mass is 35.5. The molecule has 0 aliphatic carbocycles. The smallest absolute Gasteiger partial charge is 0.317 e. The topological polar surface area (TPSA) is 73.5 Å². The van der Waals surface area contributed by atoms with Crippen molar-refractivity contribution in [2.75, 3.05) is 25.5 Å². The van der Waals surface area contributed by atoms with Crippen LogP contribution in [0, 0.1) is 0 Å². The van der Waals surface area contributed by atoms with Crippen LogP contribution in [0.15, 0.2) is 29.6 Å². The van der Waals surface area contributed by atoms with E-state index in [-0.39, 0.29) is 29.0 Å². The van der Waals surface area contributed by atoms with Crippen LogP contribution in [-0.4, -0.2) is 43.0 Å². The third-order valence-electron chi connectivity index (χ3n) is 5.09. The standard InChI is InChI=1S/C20H24Cl2N4O2S/c1-12(24-20(28)26(2)13-7-9-23-10-8-13)14-5-6-15(18(22)17(14)21)25-19(27)16-4-3-11-29-16/h3-6,11-13,23H,7-10H2,1-2H3,(H,24,28)(H,25,27). The summed E-state index contributed by atoms with van der Waals surface area (Å²) in [7, 11) is 1.82. The molecule has 0 radical (unpaired) electrons. The number of carbonyl (C=O) groups excluding carboxylic acids is 2. The van der Waals surface area contributed by atoms with Crippen LogP contribution in [0.3, 0.4) is 0 Å². The van der Waals surface area contributed by atoms with Gasteiger partial charge in [-0.15, -0.1) is 11.3 Å². The molecule has 1 saturated heterocycles. The number of anilines is 1. The van der Waals surface area contributed by atoms with E-state index >= 15 is 0 Å². The lowest BCUT2D eigenvalue weighted by molar-refractivity contribution is 0.103. The lowest BCUT2D eigenvalue weighted by Crippen LogP contribution is -2.48. The predicted octanol–water partition coefficient (Wildman–Crippen LogP) is 4.76. The van der Waals surface area contributed by atoms with Crippen molar-refractivity contribution in [2.24, 2.45) is 0 Å². The molecule has 3 N–H and O–H groups in total. The molecule has 2 aromatic rings. The van der Waals surface area contributed by atoms with E-state index in [2.05, 4.69) is 16.0 Å². The molecule has 1 unspecified atom stereocenters. The van der Waals surface area contributed by atoms with Crippen LogP contribution >= 0.6 is 34.5 Å². The Morgan fingerprint density at radius 1 is 1.21 bits per heavy atom. The molecule has 3 amide bonds. The molecule has 3 rings (SSSR count). The van der Waals surface area contributed by atoms with Gasteiger partial charge in [-0.25, -0.2) is 4.79 Å². The lowest BCUT2D eigenvalue weighted by atomic mass is 10.1. The first-order valence-corrected chi connectivity index (χ1v) is 11.1. The van der Waals surface area contributed by atoms with Crippen molar-refractivity contribution in [1.29, 1.82) is 0 Å². The zero-order valence-corrected chi connectivity index (χ0v) is 18.6. The monoisotopic (exact) mass is 454 g/mol. The third-order valence-corrected chi connectivity index (χ3v) is 6.85. The van der Waals surface area contributed by atoms with E-state index in [1.807, 2.05) is 25.4 Å². The number of benzene rings is 1. The minimum absolute atomic E-state index is 0.147. The molecule has 2 heterocycles. The Kier molecular flexibility index (Phi) is 7.40. The van der Waals surface area contributed by atoms with Crippen LogP contribution in [0.5, 0.6) is 0 Å². The van der Waals surface area contributed by atoms with Gasteiger partial charge in [0.15, 0.2) is 0 Å². The van der Waals surface area contributed by atoms with E-state index < -0.39 is 0 Å². The van der Waals surface area contributed by atoms with Crippen molar-refractivity contribution in [2.45, 2.75) is 31.8 Å². The van der Waals surface area contributed by atoms with Crippen LogP contribution < -0.4 is 16.0 Å². The first-order chi connectivity index (χ1) is 13.9. The molecule has 1 fully saturated rings. The van der Waals surface area contributed by atoms with Crippen molar-refractivity contribution in [3.05, 3.63) is 50.1 Å². The van der Waals surface area contributed by atoms with Gasteiger partial charge in [-0.2, -0.15) is 0 Å². The fourth-order valence-electron chi connectivity index (χ4n) is 3.31. The van der Waals surface area contributed by atoms with Crippen molar-refractivity contribution in [1.82, 2.24) is 15.5 Å².